The Labute approximate surface area is 145 Å². The molecule has 0 aliphatic rings. The van der Waals surface area contributed by atoms with Gasteiger partial charge in [0.05, 0.1) is 18.0 Å². The molecule has 0 saturated carbocycles. The van der Waals surface area contributed by atoms with Gasteiger partial charge in [-0.3, -0.25) is 4.79 Å². The number of aryl methyl sites for hydroxylation is 1. The zero-order valence-electron chi connectivity index (χ0n) is 13.7. The molecule has 1 heterocycles. The van der Waals surface area contributed by atoms with E-state index in [2.05, 4.69) is 15.5 Å². The maximum Gasteiger partial charge on any atom is 0.252 e. The van der Waals surface area contributed by atoms with Gasteiger partial charge in [-0.25, -0.2) is 4.39 Å². The van der Waals surface area contributed by atoms with E-state index in [1.165, 1.54) is 18.5 Å². The summed E-state index contributed by atoms with van der Waals surface area (Å²) >= 11 is 0. The number of carbonyl (C=O) groups excluding carboxylic acids is 1. The van der Waals surface area contributed by atoms with Crippen LogP contribution in [0.5, 0.6) is 0 Å². The van der Waals surface area contributed by atoms with Gasteiger partial charge in [-0.15, -0.1) is 0 Å². The van der Waals surface area contributed by atoms with Gasteiger partial charge < -0.3 is 5.32 Å². The first kappa shape index (κ1) is 16.8. The monoisotopic (exact) mass is 335 g/mol. The first-order valence-electron chi connectivity index (χ1n) is 8.13. The molecular formula is C20H18FN3O. The quantitative estimate of drug-likeness (QED) is 0.700. The molecule has 5 heteroatoms. The fourth-order valence-corrected chi connectivity index (χ4v) is 2.57. The van der Waals surface area contributed by atoms with Crippen LogP contribution in [0.2, 0.25) is 0 Å². The molecule has 3 aromatic rings. The molecule has 0 aliphatic carbocycles. The van der Waals surface area contributed by atoms with Gasteiger partial charge in [0.25, 0.3) is 5.91 Å². The summed E-state index contributed by atoms with van der Waals surface area (Å²) in [5.41, 5.74) is 3.12. The smallest absolute Gasteiger partial charge is 0.252 e. The van der Waals surface area contributed by atoms with Gasteiger partial charge >= 0.3 is 0 Å². The van der Waals surface area contributed by atoms with Crippen LogP contribution in [0.1, 0.15) is 22.3 Å². The zero-order chi connectivity index (χ0) is 17.5. The second kappa shape index (κ2) is 8.15. The number of amides is 1. The van der Waals surface area contributed by atoms with Crippen molar-refractivity contribution in [2.75, 3.05) is 6.54 Å². The number of nitrogens with one attached hydrogen (secondary N) is 1. The van der Waals surface area contributed by atoms with Crippen molar-refractivity contribution in [1.82, 2.24) is 15.5 Å². The summed E-state index contributed by atoms with van der Waals surface area (Å²) in [5.74, 6) is -0.367. The minimum Gasteiger partial charge on any atom is -0.352 e. The van der Waals surface area contributed by atoms with Crippen molar-refractivity contribution in [2.45, 2.75) is 12.8 Å². The number of carbonyl (C=O) groups is 1. The highest BCUT2D eigenvalue weighted by Gasteiger charge is 2.05. The van der Waals surface area contributed by atoms with Crippen LogP contribution in [0.4, 0.5) is 4.39 Å². The van der Waals surface area contributed by atoms with Crippen molar-refractivity contribution in [3.63, 3.8) is 0 Å². The third-order valence-corrected chi connectivity index (χ3v) is 3.91. The van der Waals surface area contributed by atoms with Gasteiger partial charge in [0.15, 0.2) is 0 Å². The molecular weight excluding hydrogens is 317 g/mol. The van der Waals surface area contributed by atoms with Crippen LogP contribution in [0.25, 0.3) is 11.1 Å². The standard InChI is InChI=1S/C20H18FN3O/c21-19-6-2-1-5-18(19)16-9-7-15(8-10-16)4-3-12-22-20(25)17-11-13-23-24-14-17/h1-2,5-11,13-14H,3-4,12H2,(H,22,25). The summed E-state index contributed by atoms with van der Waals surface area (Å²) in [5, 5.41) is 10.2. The minimum atomic E-state index is -0.219. The maximum absolute atomic E-state index is 13.8. The maximum atomic E-state index is 13.8. The SMILES string of the molecule is O=C(NCCCc1ccc(-c2ccccc2F)cc1)c1ccnnc1. The van der Waals surface area contributed by atoms with E-state index in [0.29, 0.717) is 17.7 Å². The lowest BCUT2D eigenvalue weighted by Gasteiger charge is -2.07. The molecule has 0 bridgehead atoms. The molecule has 0 radical (unpaired) electrons. The Kier molecular flexibility index (Phi) is 5.46. The van der Waals surface area contributed by atoms with Crippen LogP contribution in [0.15, 0.2) is 67.0 Å². The fourth-order valence-electron chi connectivity index (χ4n) is 2.57. The van der Waals surface area contributed by atoms with E-state index in [4.69, 9.17) is 0 Å². The number of hydrogen-bond donors (Lipinski definition) is 1. The number of hydrogen-bond acceptors (Lipinski definition) is 3. The molecule has 0 spiro atoms. The average molecular weight is 335 g/mol. The van der Waals surface area contributed by atoms with Crippen molar-refractivity contribution < 1.29 is 9.18 Å². The molecule has 1 amide bonds. The lowest BCUT2D eigenvalue weighted by Crippen LogP contribution is -2.24. The molecule has 2 aromatic carbocycles. The summed E-state index contributed by atoms with van der Waals surface area (Å²) in [6.45, 7) is 0.580. The van der Waals surface area contributed by atoms with Gasteiger partial charge in [-0.05, 0) is 36.1 Å². The Morgan fingerprint density at radius 1 is 1.00 bits per heavy atom. The number of nitrogens with zero attached hydrogens (tertiary/aromatic N) is 2. The van der Waals surface area contributed by atoms with Crippen LogP contribution >= 0.6 is 0 Å². The molecule has 4 nitrogen and oxygen atoms in total. The molecule has 0 fully saturated rings. The van der Waals surface area contributed by atoms with Crippen molar-refractivity contribution in [2.24, 2.45) is 0 Å². The Morgan fingerprint density at radius 2 is 1.80 bits per heavy atom. The Hall–Kier alpha value is -3.08. The molecule has 1 N–H and O–H groups in total. The molecule has 1 aromatic heterocycles. The predicted octanol–water partition coefficient (Wildman–Crippen LogP) is 3.65. The first-order valence-corrected chi connectivity index (χ1v) is 8.13. The lowest BCUT2D eigenvalue weighted by atomic mass is 10.0. The Bertz CT molecular complexity index is 835. The van der Waals surface area contributed by atoms with Crippen LogP contribution in [0, 0.1) is 5.82 Å². The van der Waals surface area contributed by atoms with Crippen LogP contribution in [-0.2, 0) is 6.42 Å². The first-order chi connectivity index (χ1) is 12.2. The van der Waals surface area contributed by atoms with Crippen molar-refractivity contribution >= 4 is 5.91 Å². The van der Waals surface area contributed by atoms with Gasteiger partial charge in [0, 0.05) is 12.1 Å². The molecule has 0 aliphatic heterocycles. The summed E-state index contributed by atoms with van der Waals surface area (Å²) in [6.07, 6.45) is 4.60. The predicted molar refractivity (Wildman–Crippen MR) is 94.5 cm³/mol. The second-order valence-corrected chi connectivity index (χ2v) is 5.67. The number of rotatable bonds is 6. The van der Waals surface area contributed by atoms with E-state index in [-0.39, 0.29) is 11.7 Å². The molecule has 126 valence electrons. The lowest BCUT2D eigenvalue weighted by molar-refractivity contribution is 0.0952. The van der Waals surface area contributed by atoms with Gasteiger partial charge in [0.1, 0.15) is 5.82 Å². The van der Waals surface area contributed by atoms with Gasteiger partial charge in [-0.1, -0.05) is 42.5 Å². The average Bonchev–Trinajstić information content (AvgIpc) is 2.67. The molecule has 3 rings (SSSR count). The summed E-state index contributed by atoms with van der Waals surface area (Å²) in [7, 11) is 0. The third kappa shape index (κ3) is 4.47. The molecule has 0 atom stereocenters. The van der Waals surface area contributed by atoms with Gasteiger partial charge in [-0.2, -0.15) is 10.2 Å². The fraction of sp³-hybridized carbons (Fsp3) is 0.150. The van der Waals surface area contributed by atoms with Crippen molar-refractivity contribution in [1.29, 1.82) is 0 Å². The summed E-state index contributed by atoms with van der Waals surface area (Å²) in [6, 6.07) is 16.2. The van der Waals surface area contributed by atoms with Crippen LogP contribution < -0.4 is 5.32 Å². The topological polar surface area (TPSA) is 54.9 Å². The zero-order valence-corrected chi connectivity index (χ0v) is 13.7. The highest BCUT2D eigenvalue weighted by atomic mass is 19.1. The minimum absolute atomic E-state index is 0.148. The Balaban J connectivity index is 1.49. The second-order valence-electron chi connectivity index (χ2n) is 5.67. The Morgan fingerprint density at radius 3 is 2.52 bits per heavy atom. The molecule has 0 saturated heterocycles. The highest BCUT2D eigenvalue weighted by Crippen LogP contribution is 2.22. The number of aromatic nitrogens is 2. The number of halogens is 1. The third-order valence-electron chi connectivity index (χ3n) is 3.91. The summed E-state index contributed by atoms with van der Waals surface area (Å²) < 4.78 is 13.8. The van der Waals surface area contributed by atoms with E-state index in [1.807, 2.05) is 30.3 Å². The largest absolute Gasteiger partial charge is 0.352 e. The highest BCUT2D eigenvalue weighted by molar-refractivity contribution is 5.93. The van der Waals surface area contributed by atoms with Crippen LogP contribution in [0.3, 0.4) is 0 Å². The van der Waals surface area contributed by atoms with Gasteiger partial charge in [0.2, 0.25) is 0 Å². The summed E-state index contributed by atoms with van der Waals surface area (Å²) in [4.78, 5) is 11.9. The number of benzene rings is 2. The molecule has 25 heavy (non-hydrogen) atoms. The van der Waals surface area contributed by atoms with E-state index in [9.17, 15) is 9.18 Å². The molecule has 0 unspecified atom stereocenters. The van der Waals surface area contributed by atoms with E-state index < -0.39 is 0 Å². The van der Waals surface area contributed by atoms with Crippen LogP contribution in [-0.4, -0.2) is 22.6 Å². The van der Waals surface area contributed by atoms with E-state index in [0.717, 1.165) is 24.0 Å². The van der Waals surface area contributed by atoms with Crippen molar-refractivity contribution in [3.8, 4) is 11.1 Å². The van der Waals surface area contributed by atoms with E-state index >= 15 is 0 Å². The normalized spacial score (nSPS) is 10.4. The van der Waals surface area contributed by atoms with Crippen molar-refractivity contribution in [3.05, 3.63) is 83.9 Å². The van der Waals surface area contributed by atoms with E-state index in [1.54, 1.807) is 18.2 Å².